The van der Waals surface area contributed by atoms with Gasteiger partial charge in [0.1, 0.15) is 5.65 Å². The van der Waals surface area contributed by atoms with Gasteiger partial charge in [-0.05, 0) is 25.0 Å². The number of pyridine rings is 1. The number of carbonyl (C=O) groups is 1. The Bertz CT molecular complexity index is 529. The quantitative estimate of drug-likeness (QED) is 0.812. The van der Waals surface area contributed by atoms with Crippen LogP contribution in [0.15, 0.2) is 18.3 Å². The van der Waals surface area contributed by atoms with Crippen LogP contribution in [0.2, 0.25) is 0 Å². The summed E-state index contributed by atoms with van der Waals surface area (Å²) in [6, 6.07) is 3.76. The van der Waals surface area contributed by atoms with E-state index in [1.54, 1.807) is 10.6 Å². The van der Waals surface area contributed by atoms with E-state index in [4.69, 9.17) is 5.11 Å². The van der Waals surface area contributed by atoms with Gasteiger partial charge in [0.25, 0.3) is 0 Å². The summed E-state index contributed by atoms with van der Waals surface area (Å²) in [4.78, 5) is 15.4. The van der Waals surface area contributed by atoms with Gasteiger partial charge in [-0.15, -0.1) is 0 Å². The first-order chi connectivity index (χ1) is 7.13. The molecule has 0 aliphatic heterocycles. The first-order valence-electron chi connectivity index (χ1n) is 4.84. The highest BCUT2D eigenvalue weighted by Gasteiger charge is 2.16. The molecule has 2 aromatic rings. The average Bonchev–Trinajstić information content (AvgIpc) is 2.55. The predicted octanol–water partition coefficient (Wildman–Crippen LogP) is 1.90. The third-order valence-electron chi connectivity index (χ3n) is 2.38. The summed E-state index contributed by atoms with van der Waals surface area (Å²) >= 11 is 0. The summed E-state index contributed by atoms with van der Waals surface area (Å²) in [5.74, 6) is -0.926. The minimum absolute atomic E-state index is 0.274. The van der Waals surface area contributed by atoms with Crippen LogP contribution in [-0.2, 0) is 6.42 Å². The van der Waals surface area contributed by atoms with E-state index < -0.39 is 5.97 Å². The summed E-state index contributed by atoms with van der Waals surface area (Å²) in [5.41, 5.74) is 2.62. The van der Waals surface area contributed by atoms with Crippen molar-refractivity contribution in [2.75, 3.05) is 0 Å². The Hall–Kier alpha value is -1.84. The number of fused-ring (bicyclic) bond motifs is 1. The molecule has 4 heteroatoms. The highest BCUT2D eigenvalue weighted by atomic mass is 16.4. The van der Waals surface area contributed by atoms with Gasteiger partial charge < -0.3 is 5.11 Å². The van der Waals surface area contributed by atoms with Crippen molar-refractivity contribution in [2.45, 2.75) is 20.3 Å². The number of aromatic nitrogens is 2. The van der Waals surface area contributed by atoms with Gasteiger partial charge in [-0.3, -0.25) is 4.40 Å². The van der Waals surface area contributed by atoms with Crippen LogP contribution in [-0.4, -0.2) is 20.5 Å². The number of imidazole rings is 1. The fourth-order valence-corrected chi connectivity index (χ4v) is 1.67. The van der Waals surface area contributed by atoms with Crippen LogP contribution >= 0.6 is 0 Å². The Morgan fingerprint density at radius 3 is 2.87 bits per heavy atom. The number of aryl methyl sites for hydroxylation is 2. The molecule has 0 radical (unpaired) electrons. The van der Waals surface area contributed by atoms with Crippen LogP contribution in [0.25, 0.3) is 5.65 Å². The SMILES string of the molecule is CCc1nc2ccc(C)cn2c1C(=O)O. The number of carboxylic acid groups (broad SMARTS) is 1. The second-order valence-corrected chi connectivity index (χ2v) is 3.50. The largest absolute Gasteiger partial charge is 0.477 e. The van der Waals surface area contributed by atoms with Gasteiger partial charge in [0.15, 0.2) is 5.69 Å². The van der Waals surface area contributed by atoms with E-state index in [1.165, 1.54) is 0 Å². The number of nitrogens with zero attached hydrogens (tertiary/aromatic N) is 2. The maximum absolute atomic E-state index is 11.1. The van der Waals surface area contributed by atoms with Gasteiger partial charge >= 0.3 is 5.97 Å². The highest BCUT2D eigenvalue weighted by Crippen LogP contribution is 2.14. The molecule has 0 saturated heterocycles. The lowest BCUT2D eigenvalue weighted by Gasteiger charge is -1.99. The van der Waals surface area contributed by atoms with Gasteiger partial charge in [-0.2, -0.15) is 0 Å². The Labute approximate surface area is 87.2 Å². The fourth-order valence-electron chi connectivity index (χ4n) is 1.67. The molecule has 0 amide bonds. The molecular weight excluding hydrogens is 192 g/mol. The summed E-state index contributed by atoms with van der Waals surface area (Å²) in [7, 11) is 0. The monoisotopic (exact) mass is 204 g/mol. The lowest BCUT2D eigenvalue weighted by molar-refractivity contribution is 0.0688. The molecule has 15 heavy (non-hydrogen) atoms. The van der Waals surface area contributed by atoms with Crippen molar-refractivity contribution in [1.82, 2.24) is 9.38 Å². The van der Waals surface area contributed by atoms with Crippen molar-refractivity contribution >= 4 is 11.6 Å². The fraction of sp³-hybridized carbons (Fsp3) is 0.273. The first kappa shape index (κ1) is 9.71. The van der Waals surface area contributed by atoms with Crippen molar-refractivity contribution in [3.05, 3.63) is 35.3 Å². The molecule has 0 aromatic carbocycles. The zero-order chi connectivity index (χ0) is 11.0. The number of hydrogen-bond acceptors (Lipinski definition) is 2. The van der Waals surface area contributed by atoms with Crippen LogP contribution in [0, 0.1) is 6.92 Å². The van der Waals surface area contributed by atoms with Crippen LogP contribution in [0.3, 0.4) is 0 Å². The minimum atomic E-state index is -0.926. The van der Waals surface area contributed by atoms with E-state index in [9.17, 15) is 4.79 Å². The van der Waals surface area contributed by atoms with Gasteiger partial charge in [0.05, 0.1) is 5.69 Å². The Morgan fingerprint density at radius 1 is 1.53 bits per heavy atom. The molecule has 78 valence electrons. The van der Waals surface area contributed by atoms with Crippen LogP contribution in [0.5, 0.6) is 0 Å². The van der Waals surface area contributed by atoms with Crippen LogP contribution in [0.4, 0.5) is 0 Å². The van der Waals surface area contributed by atoms with Crippen molar-refractivity contribution in [3.8, 4) is 0 Å². The van der Waals surface area contributed by atoms with Gasteiger partial charge in [0.2, 0.25) is 0 Å². The Balaban J connectivity index is 2.82. The van der Waals surface area contributed by atoms with Crippen molar-refractivity contribution in [3.63, 3.8) is 0 Å². The maximum Gasteiger partial charge on any atom is 0.354 e. The van der Waals surface area contributed by atoms with E-state index in [0.29, 0.717) is 17.8 Å². The summed E-state index contributed by atoms with van der Waals surface area (Å²) in [6.45, 7) is 3.83. The zero-order valence-corrected chi connectivity index (χ0v) is 8.69. The third-order valence-corrected chi connectivity index (χ3v) is 2.38. The van der Waals surface area contributed by atoms with Crippen molar-refractivity contribution in [2.24, 2.45) is 0 Å². The smallest absolute Gasteiger partial charge is 0.354 e. The Morgan fingerprint density at radius 2 is 2.27 bits per heavy atom. The van der Waals surface area contributed by atoms with E-state index in [0.717, 1.165) is 5.56 Å². The average molecular weight is 204 g/mol. The molecule has 4 nitrogen and oxygen atoms in total. The zero-order valence-electron chi connectivity index (χ0n) is 8.69. The van der Waals surface area contributed by atoms with Crippen molar-refractivity contribution in [1.29, 1.82) is 0 Å². The Kier molecular flexibility index (Phi) is 2.19. The maximum atomic E-state index is 11.1. The molecule has 2 rings (SSSR count). The molecule has 0 spiro atoms. The molecule has 0 saturated carbocycles. The number of carboxylic acids is 1. The van der Waals surface area contributed by atoms with E-state index >= 15 is 0 Å². The number of rotatable bonds is 2. The summed E-state index contributed by atoms with van der Waals surface area (Å²) < 4.78 is 1.64. The molecule has 0 fully saturated rings. The number of aromatic carboxylic acids is 1. The highest BCUT2D eigenvalue weighted by molar-refractivity contribution is 5.88. The van der Waals surface area contributed by atoms with Crippen LogP contribution in [0.1, 0.15) is 28.7 Å². The number of hydrogen-bond donors (Lipinski definition) is 1. The predicted molar refractivity (Wildman–Crippen MR) is 56.3 cm³/mol. The minimum Gasteiger partial charge on any atom is -0.477 e. The molecule has 0 aliphatic rings. The molecular formula is C11H12N2O2. The lowest BCUT2D eigenvalue weighted by atomic mass is 10.2. The first-order valence-corrected chi connectivity index (χ1v) is 4.84. The van der Waals surface area contributed by atoms with Crippen molar-refractivity contribution < 1.29 is 9.90 Å². The summed E-state index contributed by atoms with van der Waals surface area (Å²) in [6.07, 6.45) is 2.42. The van der Waals surface area contributed by atoms with E-state index in [-0.39, 0.29) is 5.69 Å². The van der Waals surface area contributed by atoms with E-state index in [2.05, 4.69) is 4.98 Å². The molecule has 2 aromatic heterocycles. The molecule has 0 bridgehead atoms. The van der Waals surface area contributed by atoms with Crippen LogP contribution < -0.4 is 0 Å². The van der Waals surface area contributed by atoms with Gasteiger partial charge in [-0.1, -0.05) is 13.0 Å². The third kappa shape index (κ3) is 1.48. The second kappa shape index (κ2) is 3.38. The van der Waals surface area contributed by atoms with Gasteiger partial charge in [0, 0.05) is 6.20 Å². The van der Waals surface area contributed by atoms with Gasteiger partial charge in [-0.25, -0.2) is 9.78 Å². The molecule has 1 N–H and O–H groups in total. The topological polar surface area (TPSA) is 54.6 Å². The second-order valence-electron chi connectivity index (χ2n) is 3.50. The molecule has 0 unspecified atom stereocenters. The standard InChI is InChI=1S/C11H12N2O2/c1-3-8-10(11(14)15)13-6-7(2)4-5-9(13)12-8/h4-6H,3H2,1-2H3,(H,14,15). The lowest BCUT2D eigenvalue weighted by Crippen LogP contribution is -2.05. The summed E-state index contributed by atoms with van der Waals surface area (Å²) in [5, 5.41) is 9.11. The van der Waals surface area contributed by atoms with E-state index in [1.807, 2.05) is 26.0 Å². The molecule has 0 aliphatic carbocycles. The normalized spacial score (nSPS) is 10.8. The molecule has 2 heterocycles. The molecule has 0 atom stereocenters.